The summed E-state index contributed by atoms with van der Waals surface area (Å²) in [5.41, 5.74) is 8.90. The fourth-order valence-corrected chi connectivity index (χ4v) is 2.15. The van der Waals surface area contributed by atoms with E-state index < -0.39 is 0 Å². The summed E-state index contributed by atoms with van der Waals surface area (Å²) in [5, 5.41) is 12.3. The third-order valence-electron chi connectivity index (χ3n) is 3.41. The summed E-state index contributed by atoms with van der Waals surface area (Å²) in [6.07, 6.45) is 0.594. The first kappa shape index (κ1) is 15.1. The highest BCUT2D eigenvalue weighted by atomic mass is 16.3. The maximum Gasteiger partial charge on any atom is 0.251 e. The first-order valence-corrected chi connectivity index (χ1v) is 6.92. The molecule has 0 bridgehead atoms. The molecule has 0 saturated carbocycles. The summed E-state index contributed by atoms with van der Waals surface area (Å²) in [5.74, 6) is -0.201. The molecule has 2 aromatic carbocycles. The van der Waals surface area contributed by atoms with E-state index in [0.29, 0.717) is 17.7 Å². The molecule has 0 unspecified atom stereocenters. The minimum Gasteiger partial charge on any atom is -0.399 e. The van der Waals surface area contributed by atoms with Gasteiger partial charge in [0.05, 0.1) is 12.6 Å². The number of nitrogens with two attached hydrogens (primary N) is 1. The van der Waals surface area contributed by atoms with E-state index in [1.54, 1.807) is 18.2 Å². The number of amides is 1. The van der Waals surface area contributed by atoms with Gasteiger partial charge in [-0.25, -0.2) is 0 Å². The van der Waals surface area contributed by atoms with Gasteiger partial charge in [0, 0.05) is 11.3 Å². The Kier molecular flexibility index (Phi) is 4.95. The van der Waals surface area contributed by atoms with Gasteiger partial charge in [0.25, 0.3) is 5.91 Å². The van der Waals surface area contributed by atoms with Gasteiger partial charge in [-0.15, -0.1) is 0 Å². The van der Waals surface area contributed by atoms with E-state index in [-0.39, 0.29) is 18.6 Å². The summed E-state index contributed by atoms with van der Waals surface area (Å²) in [6.45, 7) is 1.76. The molecule has 21 heavy (non-hydrogen) atoms. The zero-order valence-electron chi connectivity index (χ0n) is 12.0. The molecule has 4 N–H and O–H groups in total. The molecule has 0 aromatic heterocycles. The molecule has 0 aliphatic rings. The molecule has 0 heterocycles. The molecule has 2 aromatic rings. The molecule has 0 saturated heterocycles. The highest BCUT2D eigenvalue weighted by Crippen LogP contribution is 2.13. The highest BCUT2D eigenvalue weighted by Gasteiger charge is 2.14. The zero-order valence-corrected chi connectivity index (χ0v) is 12.0. The second-order valence-corrected chi connectivity index (χ2v) is 5.11. The van der Waals surface area contributed by atoms with Crippen LogP contribution in [-0.2, 0) is 6.42 Å². The molecule has 0 spiro atoms. The number of carbonyl (C=O) groups excluding carboxylic acids is 1. The molecule has 0 fully saturated rings. The predicted octanol–water partition coefficient (Wildman–Crippen LogP) is 1.91. The second-order valence-electron chi connectivity index (χ2n) is 5.11. The van der Waals surface area contributed by atoms with Crippen LogP contribution < -0.4 is 11.1 Å². The first-order chi connectivity index (χ1) is 10.1. The van der Waals surface area contributed by atoms with E-state index in [9.17, 15) is 9.90 Å². The number of rotatable bonds is 5. The summed E-state index contributed by atoms with van der Waals surface area (Å²) in [6, 6.07) is 14.6. The van der Waals surface area contributed by atoms with Crippen LogP contribution in [0.1, 0.15) is 21.5 Å². The Morgan fingerprint density at radius 3 is 2.57 bits per heavy atom. The predicted molar refractivity (Wildman–Crippen MR) is 84.1 cm³/mol. The number of hydrogen-bond acceptors (Lipinski definition) is 3. The molecule has 0 radical (unpaired) electrons. The van der Waals surface area contributed by atoms with Crippen molar-refractivity contribution in [2.75, 3.05) is 12.3 Å². The van der Waals surface area contributed by atoms with Gasteiger partial charge >= 0.3 is 0 Å². The number of aliphatic hydroxyl groups excluding tert-OH is 1. The number of aryl methyl sites for hydroxylation is 1. The van der Waals surface area contributed by atoms with Crippen molar-refractivity contribution in [2.45, 2.75) is 19.4 Å². The van der Waals surface area contributed by atoms with Crippen molar-refractivity contribution in [3.63, 3.8) is 0 Å². The fraction of sp³-hybridized carbons (Fsp3) is 0.235. The van der Waals surface area contributed by atoms with Gasteiger partial charge in [0.2, 0.25) is 0 Å². The molecule has 1 atom stereocenters. The van der Waals surface area contributed by atoms with Crippen molar-refractivity contribution in [1.82, 2.24) is 5.32 Å². The van der Waals surface area contributed by atoms with Gasteiger partial charge in [-0.1, -0.05) is 30.3 Å². The topological polar surface area (TPSA) is 75.3 Å². The molecule has 1 amide bonds. The van der Waals surface area contributed by atoms with Crippen LogP contribution in [0.3, 0.4) is 0 Å². The molecule has 0 aliphatic heterocycles. The van der Waals surface area contributed by atoms with E-state index in [1.807, 2.05) is 37.3 Å². The Labute approximate surface area is 124 Å². The lowest BCUT2D eigenvalue weighted by Gasteiger charge is -2.17. The average molecular weight is 284 g/mol. The van der Waals surface area contributed by atoms with Crippen LogP contribution in [0, 0.1) is 6.92 Å². The van der Waals surface area contributed by atoms with Crippen LogP contribution in [0.25, 0.3) is 0 Å². The second kappa shape index (κ2) is 6.90. The summed E-state index contributed by atoms with van der Waals surface area (Å²) in [4.78, 5) is 12.2. The fourth-order valence-electron chi connectivity index (χ4n) is 2.15. The Bertz CT molecular complexity index is 611. The maximum atomic E-state index is 12.2. The Hall–Kier alpha value is -2.33. The number of nitrogen functional groups attached to an aromatic ring is 1. The standard InChI is InChI=1S/C17H20N2O2/c1-12-9-14(7-8-16(12)18)17(21)19-15(11-20)10-13-5-3-2-4-6-13/h2-9,15,20H,10-11,18H2,1H3,(H,19,21)/t15-/m0/s1. The largest absolute Gasteiger partial charge is 0.399 e. The molecule has 2 rings (SSSR count). The van der Waals surface area contributed by atoms with E-state index in [0.717, 1.165) is 11.1 Å². The number of nitrogens with one attached hydrogen (secondary N) is 1. The van der Waals surface area contributed by atoms with Crippen molar-refractivity contribution in [2.24, 2.45) is 0 Å². The zero-order chi connectivity index (χ0) is 15.2. The number of anilines is 1. The minimum absolute atomic E-state index is 0.103. The van der Waals surface area contributed by atoms with Gasteiger partial charge in [0.15, 0.2) is 0 Å². The summed E-state index contributed by atoms with van der Waals surface area (Å²) < 4.78 is 0. The lowest BCUT2D eigenvalue weighted by atomic mass is 10.1. The lowest BCUT2D eigenvalue weighted by Crippen LogP contribution is -2.39. The van der Waals surface area contributed by atoms with Crippen LogP contribution in [-0.4, -0.2) is 23.7 Å². The van der Waals surface area contributed by atoms with E-state index in [4.69, 9.17) is 5.73 Å². The Morgan fingerprint density at radius 1 is 1.24 bits per heavy atom. The molecule has 4 heteroatoms. The highest BCUT2D eigenvalue weighted by molar-refractivity contribution is 5.95. The van der Waals surface area contributed by atoms with Crippen molar-refractivity contribution in [3.05, 3.63) is 65.2 Å². The van der Waals surface area contributed by atoms with Crippen LogP contribution in [0.15, 0.2) is 48.5 Å². The van der Waals surface area contributed by atoms with Crippen molar-refractivity contribution in [3.8, 4) is 0 Å². The molecule has 110 valence electrons. The first-order valence-electron chi connectivity index (χ1n) is 6.92. The minimum atomic E-state index is -0.308. The smallest absolute Gasteiger partial charge is 0.251 e. The normalized spacial score (nSPS) is 11.9. The van der Waals surface area contributed by atoms with E-state index in [1.165, 1.54) is 0 Å². The van der Waals surface area contributed by atoms with Gasteiger partial charge in [-0.3, -0.25) is 4.79 Å². The van der Waals surface area contributed by atoms with Gasteiger partial charge in [-0.2, -0.15) is 0 Å². The third-order valence-corrected chi connectivity index (χ3v) is 3.41. The Morgan fingerprint density at radius 2 is 1.95 bits per heavy atom. The van der Waals surface area contributed by atoms with Crippen molar-refractivity contribution in [1.29, 1.82) is 0 Å². The molecular weight excluding hydrogens is 264 g/mol. The van der Waals surface area contributed by atoms with Gasteiger partial charge in [0.1, 0.15) is 0 Å². The van der Waals surface area contributed by atoms with Crippen molar-refractivity contribution >= 4 is 11.6 Å². The number of aliphatic hydroxyl groups is 1. The number of hydrogen-bond donors (Lipinski definition) is 3. The third kappa shape index (κ3) is 4.07. The maximum absolute atomic E-state index is 12.2. The molecule has 0 aliphatic carbocycles. The van der Waals surface area contributed by atoms with E-state index >= 15 is 0 Å². The van der Waals surface area contributed by atoms with E-state index in [2.05, 4.69) is 5.32 Å². The summed E-state index contributed by atoms with van der Waals surface area (Å²) >= 11 is 0. The van der Waals surface area contributed by atoms with Crippen LogP contribution >= 0.6 is 0 Å². The van der Waals surface area contributed by atoms with Crippen LogP contribution in [0.5, 0.6) is 0 Å². The molecule has 4 nitrogen and oxygen atoms in total. The molecular formula is C17H20N2O2. The van der Waals surface area contributed by atoms with Crippen LogP contribution in [0.2, 0.25) is 0 Å². The Balaban J connectivity index is 2.04. The monoisotopic (exact) mass is 284 g/mol. The summed E-state index contributed by atoms with van der Waals surface area (Å²) in [7, 11) is 0. The lowest BCUT2D eigenvalue weighted by molar-refractivity contribution is 0.0916. The number of carbonyl (C=O) groups is 1. The SMILES string of the molecule is Cc1cc(C(=O)N[C@H](CO)Cc2ccccc2)ccc1N. The number of benzene rings is 2. The van der Waals surface area contributed by atoms with Crippen molar-refractivity contribution < 1.29 is 9.90 Å². The van der Waals surface area contributed by atoms with Gasteiger partial charge < -0.3 is 16.2 Å². The average Bonchev–Trinajstić information content (AvgIpc) is 2.50. The quantitative estimate of drug-likeness (QED) is 0.734. The van der Waals surface area contributed by atoms with Gasteiger partial charge in [-0.05, 0) is 42.7 Å². The van der Waals surface area contributed by atoms with Crippen LogP contribution in [0.4, 0.5) is 5.69 Å².